The van der Waals surface area contributed by atoms with Crippen molar-refractivity contribution >= 4 is 12.2 Å². The number of pyridine rings is 2. The SMILES string of the molecule is CCOC(=O)N[C@@H]1CC[C@@H]2[C@H](Cc3cccnc3[C@H]2C=Cc2ccc(-c3cccc(F)c3)cn2)C1. The van der Waals surface area contributed by atoms with E-state index >= 15 is 0 Å². The summed E-state index contributed by atoms with van der Waals surface area (Å²) in [4.78, 5) is 21.3. The molecule has 2 aliphatic rings. The van der Waals surface area contributed by atoms with E-state index in [1.165, 1.54) is 17.7 Å². The van der Waals surface area contributed by atoms with Crippen LogP contribution in [-0.2, 0) is 11.2 Å². The number of amides is 1. The summed E-state index contributed by atoms with van der Waals surface area (Å²) in [5.41, 5.74) is 5.00. The van der Waals surface area contributed by atoms with Crippen LogP contribution in [0.5, 0.6) is 0 Å². The highest BCUT2D eigenvalue weighted by atomic mass is 19.1. The molecular formula is C29H30FN3O2. The van der Waals surface area contributed by atoms with Crippen LogP contribution in [-0.4, -0.2) is 28.7 Å². The largest absolute Gasteiger partial charge is 0.450 e. The van der Waals surface area contributed by atoms with E-state index < -0.39 is 0 Å². The Morgan fingerprint density at radius 1 is 1.14 bits per heavy atom. The Morgan fingerprint density at radius 2 is 2.06 bits per heavy atom. The van der Waals surface area contributed by atoms with Crippen molar-refractivity contribution in [1.82, 2.24) is 15.3 Å². The number of rotatable bonds is 5. The van der Waals surface area contributed by atoms with Crippen molar-refractivity contribution in [3.8, 4) is 11.1 Å². The van der Waals surface area contributed by atoms with Crippen LogP contribution >= 0.6 is 0 Å². The number of nitrogens with zero attached hydrogens (tertiary/aromatic N) is 2. The van der Waals surface area contributed by atoms with Crippen LogP contribution in [0.25, 0.3) is 17.2 Å². The molecule has 1 amide bonds. The van der Waals surface area contributed by atoms with Gasteiger partial charge in [-0.2, -0.15) is 0 Å². The maximum atomic E-state index is 13.6. The average molecular weight is 472 g/mol. The molecule has 0 radical (unpaired) electrons. The Labute approximate surface area is 205 Å². The van der Waals surface area contributed by atoms with Gasteiger partial charge in [0.25, 0.3) is 0 Å². The van der Waals surface area contributed by atoms with E-state index in [9.17, 15) is 9.18 Å². The van der Waals surface area contributed by atoms with E-state index in [0.717, 1.165) is 48.2 Å². The number of benzene rings is 1. The molecule has 35 heavy (non-hydrogen) atoms. The smallest absolute Gasteiger partial charge is 0.407 e. The minimum absolute atomic E-state index is 0.148. The topological polar surface area (TPSA) is 64.1 Å². The summed E-state index contributed by atoms with van der Waals surface area (Å²) < 4.78 is 18.7. The molecule has 5 nitrogen and oxygen atoms in total. The molecule has 0 spiro atoms. The van der Waals surface area contributed by atoms with Crippen LogP contribution in [0.2, 0.25) is 0 Å². The van der Waals surface area contributed by atoms with Crippen molar-refractivity contribution in [2.75, 3.05) is 6.61 Å². The first-order valence-electron chi connectivity index (χ1n) is 12.4. The number of hydrogen-bond donors (Lipinski definition) is 1. The van der Waals surface area contributed by atoms with Crippen LogP contribution in [0.3, 0.4) is 0 Å². The maximum Gasteiger partial charge on any atom is 0.407 e. The molecule has 0 unspecified atom stereocenters. The lowest BCUT2D eigenvalue weighted by Crippen LogP contribution is -2.44. The van der Waals surface area contributed by atoms with Crippen molar-refractivity contribution in [1.29, 1.82) is 0 Å². The molecule has 180 valence electrons. The van der Waals surface area contributed by atoms with Crippen molar-refractivity contribution in [2.45, 2.75) is 44.6 Å². The molecule has 1 saturated carbocycles. The summed E-state index contributed by atoms with van der Waals surface area (Å²) in [6, 6.07) is 14.8. The Kier molecular flexibility index (Phi) is 6.89. The molecule has 0 bridgehead atoms. The molecule has 3 aromatic rings. The minimum Gasteiger partial charge on any atom is -0.450 e. The van der Waals surface area contributed by atoms with Crippen LogP contribution < -0.4 is 5.32 Å². The zero-order chi connectivity index (χ0) is 24.2. The quantitative estimate of drug-likeness (QED) is 0.484. The van der Waals surface area contributed by atoms with Gasteiger partial charge in [0.15, 0.2) is 0 Å². The number of halogens is 1. The number of alkyl carbamates (subject to hydrolysis) is 1. The molecule has 1 N–H and O–H groups in total. The highest BCUT2D eigenvalue weighted by molar-refractivity contribution is 5.67. The third kappa shape index (κ3) is 5.26. The fourth-order valence-electron chi connectivity index (χ4n) is 5.65. The Morgan fingerprint density at radius 3 is 2.86 bits per heavy atom. The minimum atomic E-state index is -0.321. The van der Waals surface area contributed by atoms with E-state index in [1.54, 1.807) is 12.3 Å². The van der Waals surface area contributed by atoms with Gasteiger partial charge in [0, 0.05) is 29.9 Å². The number of carbonyl (C=O) groups excluding carboxylic acids is 1. The average Bonchev–Trinajstić information content (AvgIpc) is 2.87. The summed E-state index contributed by atoms with van der Waals surface area (Å²) >= 11 is 0. The van der Waals surface area contributed by atoms with Crippen molar-refractivity contribution in [3.63, 3.8) is 0 Å². The van der Waals surface area contributed by atoms with Gasteiger partial charge in [-0.25, -0.2) is 9.18 Å². The molecule has 2 aromatic heterocycles. The number of allylic oxidation sites excluding steroid dienone is 1. The van der Waals surface area contributed by atoms with Crippen LogP contribution in [0.1, 0.15) is 49.1 Å². The molecule has 1 aromatic carbocycles. The molecule has 2 aliphatic carbocycles. The second-order valence-corrected chi connectivity index (χ2v) is 9.42. The number of nitrogens with one attached hydrogen (secondary N) is 1. The molecule has 0 aliphatic heterocycles. The molecule has 0 saturated heterocycles. The third-order valence-corrected chi connectivity index (χ3v) is 7.24. The van der Waals surface area contributed by atoms with E-state index in [1.807, 2.05) is 37.4 Å². The Hall–Kier alpha value is -3.54. The number of aromatic nitrogens is 2. The van der Waals surface area contributed by atoms with Crippen molar-refractivity contribution in [2.24, 2.45) is 11.8 Å². The lowest BCUT2D eigenvalue weighted by atomic mass is 9.63. The Balaban J connectivity index is 1.34. The standard InChI is InChI=1S/C29H30FN3O2/c1-2-35-29(34)33-25-11-12-26-22(17-25)15-20-6-4-14-31-28(20)27(26)13-10-24-9-8-21(18-32-24)19-5-3-7-23(30)16-19/h3-10,13-14,16,18,22,25-27H,2,11-12,15,17H2,1H3,(H,33,34)/t22-,25-,26-,27+/m1/s1. The van der Waals surface area contributed by atoms with Gasteiger partial charge >= 0.3 is 6.09 Å². The lowest BCUT2D eigenvalue weighted by Gasteiger charge is -2.43. The molecule has 1 fully saturated rings. The van der Waals surface area contributed by atoms with Gasteiger partial charge < -0.3 is 10.1 Å². The molecule has 4 atom stereocenters. The predicted octanol–water partition coefficient (Wildman–Crippen LogP) is 6.17. The van der Waals surface area contributed by atoms with E-state index in [2.05, 4.69) is 28.5 Å². The number of fused-ring (bicyclic) bond motifs is 2. The van der Waals surface area contributed by atoms with Crippen molar-refractivity contribution in [3.05, 3.63) is 89.8 Å². The highest BCUT2D eigenvalue weighted by Gasteiger charge is 2.40. The number of carbonyl (C=O) groups is 1. The third-order valence-electron chi connectivity index (χ3n) is 7.24. The van der Waals surface area contributed by atoms with Crippen LogP contribution in [0.4, 0.5) is 9.18 Å². The van der Waals surface area contributed by atoms with E-state index in [0.29, 0.717) is 18.4 Å². The summed E-state index contributed by atoms with van der Waals surface area (Å²) in [5.74, 6) is 0.903. The van der Waals surface area contributed by atoms with Gasteiger partial charge in [0.2, 0.25) is 0 Å². The highest BCUT2D eigenvalue weighted by Crippen LogP contribution is 2.47. The first kappa shape index (κ1) is 23.2. The van der Waals surface area contributed by atoms with Crippen LogP contribution in [0.15, 0.2) is 67.0 Å². The second kappa shape index (κ2) is 10.4. The van der Waals surface area contributed by atoms with Gasteiger partial charge in [0.05, 0.1) is 18.0 Å². The second-order valence-electron chi connectivity index (χ2n) is 9.42. The normalized spacial score (nSPS) is 23.4. The van der Waals surface area contributed by atoms with Gasteiger partial charge in [0.1, 0.15) is 5.82 Å². The first-order chi connectivity index (χ1) is 17.1. The maximum absolute atomic E-state index is 13.6. The van der Waals surface area contributed by atoms with Gasteiger partial charge in [-0.3, -0.25) is 9.97 Å². The Bertz CT molecular complexity index is 1210. The van der Waals surface area contributed by atoms with Gasteiger partial charge in [-0.05, 0) is 85.9 Å². The monoisotopic (exact) mass is 471 g/mol. The van der Waals surface area contributed by atoms with Crippen LogP contribution in [0, 0.1) is 17.7 Å². The van der Waals surface area contributed by atoms with E-state index in [4.69, 9.17) is 9.72 Å². The summed E-state index contributed by atoms with van der Waals surface area (Å²) in [7, 11) is 0. The first-order valence-corrected chi connectivity index (χ1v) is 12.4. The van der Waals surface area contributed by atoms with E-state index in [-0.39, 0.29) is 23.9 Å². The number of ether oxygens (including phenoxy) is 1. The van der Waals surface area contributed by atoms with Gasteiger partial charge in [-0.15, -0.1) is 0 Å². The summed E-state index contributed by atoms with van der Waals surface area (Å²) in [6.45, 7) is 2.20. The molecule has 2 heterocycles. The summed E-state index contributed by atoms with van der Waals surface area (Å²) in [5, 5.41) is 3.04. The van der Waals surface area contributed by atoms with Gasteiger partial charge in [-0.1, -0.05) is 30.3 Å². The van der Waals surface area contributed by atoms with Crippen molar-refractivity contribution < 1.29 is 13.9 Å². The fourth-order valence-corrected chi connectivity index (χ4v) is 5.65. The number of hydrogen-bond acceptors (Lipinski definition) is 4. The zero-order valence-corrected chi connectivity index (χ0v) is 19.9. The molecule has 6 heteroatoms. The zero-order valence-electron chi connectivity index (χ0n) is 19.9. The molecule has 5 rings (SSSR count). The predicted molar refractivity (Wildman–Crippen MR) is 134 cm³/mol. The fraction of sp³-hybridized carbons (Fsp3) is 0.345. The lowest BCUT2D eigenvalue weighted by molar-refractivity contribution is 0.128. The summed E-state index contributed by atoms with van der Waals surface area (Å²) in [6.07, 6.45) is 11.6. The molecular weight excluding hydrogens is 441 g/mol.